The Labute approximate surface area is 285 Å². The van der Waals surface area contributed by atoms with E-state index in [0.717, 1.165) is 26.1 Å². The van der Waals surface area contributed by atoms with E-state index in [4.69, 9.17) is 9.47 Å². The molecule has 0 bridgehead atoms. The Morgan fingerprint density at radius 1 is 0.391 bits per heavy atom. The van der Waals surface area contributed by atoms with Crippen LogP contribution in [0.1, 0.15) is 142 Å². The third-order valence-electron chi connectivity index (χ3n) is 9.18. The second-order valence-corrected chi connectivity index (χ2v) is 13.3. The van der Waals surface area contributed by atoms with Gasteiger partial charge in [-0.3, -0.25) is 0 Å². The van der Waals surface area contributed by atoms with Gasteiger partial charge >= 0.3 is 0 Å². The zero-order chi connectivity index (χ0) is 32.9. The van der Waals surface area contributed by atoms with Crippen LogP contribution >= 0.6 is 0 Å². The van der Waals surface area contributed by atoms with Gasteiger partial charge < -0.3 is 19.3 Å². The minimum absolute atomic E-state index is 0.662. The van der Waals surface area contributed by atoms with Crippen molar-refractivity contribution in [1.82, 2.24) is 9.80 Å². The molecule has 0 amide bonds. The van der Waals surface area contributed by atoms with Crippen LogP contribution in [-0.2, 0) is 22.7 Å². The lowest BCUT2D eigenvalue weighted by atomic mass is 9.96. The Kier molecular flexibility index (Phi) is 24.9. The Bertz CT molecular complexity index is 867. The molecule has 0 atom stereocenters. The van der Waals surface area contributed by atoms with E-state index in [1.54, 1.807) is 0 Å². The normalized spacial score (nSPS) is 11.7. The number of benzene rings is 2. The lowest BCUT2D eigenvalue weighted by Gasteiger charge is -2.22. The second kappa shape index (κ2) is 28.3. The van der Waals surface area contributed by atoms with Crippen LogP contribution in [0, 0.1) is 0 Å². The van der Waals surface area contributed by atoms with Crippen LogP contribution in [0.4, 0.5) is 0 Å². The van der Waals surface area contributed by atoms with Crippen LogP contribution in [0.25, 0.3) is 11.1 Å². The Morgan fingerprint density at radius 3 is 1.02 bits per heavy atom. The Hall–Kier alpha value is -1.72. The zero-order valence-corrected chi connectivity index (χ0v) is 30.7. The number of hydrogen-bond acceptors (Lipinski definition) is 4. The zero-order valence-electron chi connectivity index (χ0n) is 30.7. The van der Waals surface area contributed by atoms with Gasteiger partial charge in [0, 0.05) is 13.2 Å². The molecule has 0 fully saturated rings. The average Bonchev–Trinajstić information content (AvgIpc) is 3.08. The van der Waals surface area contributed by atoms with E-state index in [1.807, 2.05) is 0 Å². The van der Waals surface area contributed by atoms with Crippen LogP contribution in [0.5, 0.6) is 0 Å². The van der Waals surface area contributed by atoms with Gasteiger partial charge in [0.2, 0.25) is 0 Å². The number of hydrogen-bond donors (Lipinski definition) is 0. The van der Waals surface area contributed by atoms with E-state index in [1.165, 1.54) is 151 Å². The molecule has 0 spiro atoms. The Morgan fingerprint density at radius 2 is 0.696 bits per heavy atom. The molecule has 262 valence electrons. The van der Waals surface area contributed by atoms with Crippen molar-refractivity contribution in [3.05, 3.63) is 59.7 Å². The quantitative estimate of drug-likeness (QED) is 0.0769. The van der Waals surface area contributed by atoms with Crippen LogP contribution < -0.4 is 0 Å². The molecule has 0 aliphatic rings. The number of nitrogens with zero attached hydrogens (tertiary/aromatic N) is 2. The van der Waals surface area contributed by atoms with Gasteiger partial charge in [0.25, 0.3) is 0 Å². The lowest BCUT2D eigenvalue weighted by Crippen LogP contribution is -2.27. The van der Waals surface area contributed by atoms with Crippen molar-refractivity contribution >= 4 is 0 Å². The van der Waals surface area contributed by atoms with Crippen LogP contribution in [-0.4, -0.2) is 62.3 Å². The van der Waals surface area contributed by atoms with Crippen molar-refractivity contribution in [2.75, 3.05) is 52.5 Å². The first kappa shape index (κ1) is 40.5. The maximum Gasteiger partial charge on any atom is 0.0722 e. The fraction of sp³-hybridized carbons (Fsp3) is 0.714. The SMILES string of the molecule is CCCCCN(CCCCC)CCCCOCc1ccccc1-c1ccccc1COCCCCN(CCCCC)CCCCC. The molecular formula is C42H72N2O2. The molecule has 4 heteroatoms. The molecule has 0 saturated heterocycles. The summed E-state index contributed by atoms with van der Waals surface area (Å²) in [5, 5.41) is 0. The van der Waals surface area contributed by atoms with E-state index >= 15 is 0 Å². The van der Waals surface area contributed by atoms with Crippen LogP contribution in [0.2, 0.25) is 0 Å². The fourth-order valence-corrected chi connectivity index (χ4v) is 6.27. The van der Waals surface area contributed by atoms with Crippen molar-refractivity contribution in [1.29, 1.82) is 0 Å². The average molecular weight is 637 g/mol. The van der Waals surface area contributed by atoms with Gasteiger partial charge in [-0.2, -0.15) is 0 Å². The lowest BCUT2D eigenvalue weighted by molar-refractivity contribution is 0.113. The van der Waals surface area contributed by atoms with Gasteiger partial charge in [-0.25, -0.2) is 0 Å². The molecule has 0 unspecified atom stereocenters. The largest absolute Gasteiger partial charge is 0.377 e. The topological polar surface area (TPSA) is 24.9 Å². The van der Waals surface area contributed by atoms with Gasteiger partial charge in [0.05, 0.1) is 13.2 Å². The summed E-state index contributed by atoms with van der Waals surface area (Å²) < 4.78 is 12.5. The third kappa shape index (κ3) is 18.6. The Balaban J connectivity index is 1.78. The minimum Gasteiger partial charge on any atom is -0.377 e. The van der Waals surface area contributed by atoms with E-state index in [9.17, 15) is 0 Å². The molecular weight excluding hydrogens is 564 g/mol. The third-order valence-corrected chi connectivity index (χ3v) is 9.18. The predicted octanol–water partition coefficient (Wildman–Crippen LogP) is 11.3. The summed E-state index contributed by atoms with van der Waals surface area (Å²) in [6, 6.07) is 17.5. The maximum absolute atomic E-state index is 6.25. The van der Waals surface area contributed by atoms with E-state index in [-0.39, 0.29) is 0 Å². The first-order valence-corrected chi connectivity index (χ1v) is 19.5. The maximum atomic E-state index is 6.25. The molecule has 0 radical (unpaired) electrons. The summed E-state index contributed by atoms with van der Waals surface area (Å²) in [7, 11) is 0. The smallest absolute Gasteiger partial charge is 0.0722 e. The molecule has 0 aromatic heterocycles. The first-order valence-electron chi connectivity index (χ1n) is 19.5. The van der Waals surface area contributed by atoms with Crippen molar-refractivity contribution in [3.63, 3.8) is 0 Å². The van der Waals surface area contributed by atoms with Crippen molar-refractivity contribution in [2.24, 2.45) is 0 Å². The number of unbranched alkanes of at least 4 members (excludes halogenated alkanes) is 10. The molecule has 4 nitrogen and oxygen atoms in total. The second-order valence-electron chi connectivity index (χ2n) is 13.3. The van der Waals surface area contributed by atoms with Gasteiger partial charge in [-0.1, -0.05) is 128 Å². The van der Waals surface area contributed by atoms with Crippen molar-refractivity contribution in [2.45, 2.75) is 144 Å². The minimum atomic E-state index is 0.662. The highest BCUT2D eigenvalue weighted by Gasteiger charge is 2.11. The summed E-state index contributed by atoms with van der Waals surface area (Å²) in [5.74, 6) is 0. The number of rotatable bonds is 31. The van der Waals surface area contributed by atoms with E-state index in [2.05, 4.69) is 86.0 Å². The highest BCUT2D eigenvalue weighted by Crippen LogP contribution is 2.28. The highest BCUT2D eigenvalue weighted by atomic mass is 16.5. The summed E-state index contributed by atoms with van der Waals surface area (Å²) in [5.41, 5.74) is 5.08. The molecule has 0 aliphatic heterocycles. The molecule has 2 aromatic carbocycles. The summed E-state index contributed by atoms with van der Waals surface area (Å²) in [6.45, 7) is 19.6. The van der Waals surface area contributed by atoms with E-state index < -0.39 is 0 Å². The summed E-state index contributed by atoms with van der Waals surface area (Å²) in [6.07, 6.45) is 20.6. The van der Waals surface area contributed by atoms with Gasteiger partial charge in [-0.05, 0) is 113 Å². The van der Waals surface area contributed by atoms with Crippen LogP contribution in [0.3, 0.4) is 0 Å². The molecule has 0 N–H and O–H groups in total. The predicted molar refractivity (Wildman–Crippen MR) is 201 cm³/mol. The molecule has 0 saturated carbocycles. The van der Waals surface area contributed by atoms with Gasteiger partial charge in [0.15, 0.2) is 0 Å². The van der Waals surface area contributed by atoms with Crippen molar-refractivity contribution < 1.29 is 9.47 Å². The highest BCUT2D eigenvalue weighted by molar-refractivity contribution is 5.70. The molecule has 0 heterocycles. The molecule has 2 rings (SSSR count). The molecule has 0 aliphatic carbocycles. The summed E-state index contributed by atoms with van der Waals surface area (Å²) in [4.78, 5) is 5.38. The first-order chi connectivity index (χ1) is 22.7. The van der Waals surface area contributed by atoms with Crippen molar-refractivity contribution in [3.8, 4) is 11.1 Å². The van der Waals surface area contributed by atoms with Crippen LogP contribution in [0.15, 0.2) is 48.5 Å². The number of ether oxygens (including phenoxy) is 2. The summed E-state index contributed by atoms with van der Waals surface area (Å²) >= 11 is 0. The standard InChI is InChI=1S/C42H72N2O2/c1-5-9-17-29-43(30-18-10-6-2)33-21-23-35-45-37-39-25-13-15-27-41(39)42-28-16-14-26-40(42)38-46-36-24-22-34-44(31-19-11-7-3)32-20-12-8-4/h13-16,25-28H,5-12,17-24,29-38H2,1-4H3. The van der Waals surface area contributed by atoms with Gasteiger partial charge in [-0.15, -0.1) is 0 Å². The molecule has 46 heavy (non-hydrogen) atoms. The van der Waals surface area contributed by atoms with E-state index in [0.29, 0.717) is 13.2 Å². The van der Waals surface area contributed by atoms with Gasteiger partial charge in [0.1, 0.15) is 0 Å². The monoisotopic (exact) mass is 637 g/mol. The fourth-order valence-electron chi connectivity index (χ4n) is 6.27. The molecule has 2 aromatic rings.